The summed E-state index contributed by atoms with van der Waals surface area (Å²) in [6.45, 7) is 6.13. The summed E-state index contributed by atoms with van der Waals surface area (Å²) < 4.78 is 1.41. The summed E-state index contributed by atoms with van der Waals surface area (Å²) >= 11 is 0. The van der Waals surface area contributed by atoms with Gasteiger partial charge in [0.2, 0.25) is 0 Å². The molecule has 3 rings (SSSR count). The monoisotopic (exact) mass is 366 g/mol. The fraction of sp³-hybridized carbons (Fsp3) is 0.471. The van der Waals surface area contributed by atoms with Crippen LogP contribution in [0.15, 0.2) is 27.8 Å². The zero-order valence-corrected chi connectivity index (χ0v) is 15.2. The fourth-order valence-electron chi connectivity index (χ4n) is 3.27. The molecule has 0 spiro atoms. The molecule has 0 radical (unpaired) electrons. The first-order chi connectivity index (χ1) is 11.4. The Hall–Kier alpha value is -2.12. The van der Waals surface area contributed by atoms with E-state index in [1.54, 1.807) is 30.0 Å². The molecule has 1 amide bonds. The Morgan fingerprint density at radius 2 is 2.08 bits per heavy atom. The van der Waals surface area contributed by atoms with Crippen molar-refractivity contribution in [3.05, 3.63) is 44.5 Å². The maximum atomic E-state index is 12.7. The number of H-pyrrole nitrogens is 1. The van der Waals surface area contributed by atoms with Crippen molar-refractivity contribution >= 4 is 29.3 Å². The number of amides is 1. The second-order valence-electron chi connectivity index (χ2n) is 6.73. The Kier molecular flexibility index (Phi) is 5.39. The van der Waals surface area contributed by atoms with Gasteiger partial charge >= 0.3 is 11.1 Å². The zero-order valence-electron chi connectivity index (χ0n) is 14.4. The molecule has 1 aliphatic heterocycles. The molecule has 1 aromatic heterocycles. The smallest absolute Gasteiger partial charge is 0.316 e. The number of benzene rings is 1. The van der Waals surface area contributed by atoms with Crippen LogP contribution in [-0.4, -0.2) is 40.0 Å². The van der Waals surface area contributed by atoms with Crippen LogP contribution in [0.5, 0.6) is 0 Å². The number of hydrogen-bond donors (Lipinski definition) is 2. The van der Waals surface area contributed by atoms with Gasteiger partial charge in [-0.15, -0.1) is 12.4 Å². The van der Waals surface area contributed by atoms with Gasteiger partial charge in [-0.1, -0.05) is 6.92 Å². The number of fused-ring (bicyclic) bond motifs is 1. The molecular formula is C17H23ClN4O3. The van der Waals surface area contributed by atoms with E-state index in [0.717, 1.165) is 6.42 Å². The number of halogens is 1. The second-order valence-corrected chi connectivity index (χ2v) is 6.73. The minimum absolute atomic E-state index is 0. The van der Waals surface area contributed by atoms with Crippen molar-refractivity contribution in [3.8, 4) is 0 Å². The number of nitrogens with zero attached hydrogens (tertiary/aromatic N) is 2. The summed E-state index contributed by atoms with van der Waals surface area (Å²) in [5.74, 6) is -0.0795. The molecular weight excluding hydrogens is 344 g/mol. The highest BCUT2D eigenvalue weighted by Crippen LogP contribution is 2.29. The van der Waals surface area contributed by atoms with E-state index in [-0.39, 0.29) is 23.7 Å². The van der Waals surface area contributed by atoms with E-state index in [9.17, 15) is 14.4 Å². The van der Waals surface area contributed by atoms with Gasteiger partial charge in [-0.2, -0.15) is 0 Å². The number of carbonyl (C=O) groups is 1. The Balaban J connectivity index is 0.00000225. The van der Waals surface area contributed by atoms with Crippen molar-refractivity contribution in [1.82, 2.24) is 14.5 Å². The van der Waals surface area contributed by atoms with Crippen LogP contribution in [0.25, 0.3) is 11.0 Å². The lowest BCUT2D eigenvalue weighted by molar-refractivity contribution is 0.0777. The van der Waals surface area contributed by atoms with Crippen molar-refractivity contribution in [2.24, 2.45) is 11.1 Å². The summed E-state index contributed by atoms with van der Waals surface area (Å²) in [4.78, 5) is 40.7. The van der Waals surface area contributed by atoms with Gasteiger partial charge in [0.15, 0.2) is 0 Å². The first-order valence-electron chi connectivity index (χ1n) is 8.15. The topological polar surface area (TPSA) is 101 Å². The molecule has 1 atom stereocenters. The van der Waals surface area contributed by atoms with Crippen molar-refractivity contribution < 1.29 is 4.79 Å². The predicted octanol–water partition coefficient (Wildman–Crippen LogP) is 0.942. The van der Waals surface area contributed by atoms with E-state index in [4.69, 9.17) is 5.73 Å². The molecule has 0 bridgehead atoms. The minimum Gasteiger partial charge on any atom is -0.338 e. The summed E-state index contributed by atoms with van der Waals surface area (Å²) in [6.07, 6.45) is 0.884. The van der Waals surface area contributed by atoms with Crippen LogP contribution in [0.2, 0.25) is 0 Å². The van der Waals surface area contributed by atoms with Gasteiger partial charge in [0.05, 0.1) is 11.0 Å². The number of rotatable bonds is 3. The lowest BCUT2D eigenvalue weighted by Crippen LogP contribution is -2.36. The second kappa shape index (κ2) is 7.01. The Labute approximate surface area is 151 Å². The van der Waals surface area contributed by atoms with E-state index >= 15 is 0 Å². The lowest BCUT2D eigenvalue weighted by atomic mass is 9.90. The molecule has 25 heavy (non-hydrogen) atoms. The number of nitrogens with one attached hydrogen (secondary N) is 1. The standard InChI is InChI=1S/C17H22N4O3.ClH/c1-3-21-13-5-4-11(8-12(13)19-14(22)16(21)24)15(23)20-7-6-17(2,9-18)10-20;/h4-5,8H,3,6-7,9-10,18H2,1-2H3,(H,19,22);1H. The Bertz CT molecular complexity index is 920. The van der Waals surface area contributed by atoms with E-state index in [0.29, 0.717) is 42.8 Å². The maximum Gasteiger partial charge on any atom is 0.316 e. The number of aryl methyl sites for hydroxylation is 1. The number of aromatic nitrogens is 2. The summed E-state index contributed by atoms with van der Waals surface area (Å²) in [7, 11) is 0. The number of nitrogens with two attached hydrogens (primary N) is 1. The van der Waals surface area contributed by atoms with Crippen LogP contribution in [0.4, 0.5) is 0 Å². The first kappa shape index (κ1) is 19.2. The van der Waals surface area contributed by atoms with Gasteiger partial charge in [-0.05, 0) is 43.5 Å². The van der Waals surface area contributed by atoms with Crippen LogP contribution >= 0.6 is 12.4 Å². The fourth-order valence-corrected chi connectivity index (χ4v) is 3.27. The molecule has 2 heterocycles. The van der Waals surface area contributed by atoms with Crippen molar-refractivity contribution in [3.63, 3.8) is 0 Å². The molecule has 1 aromatic carbocycles. The number of hydrogen-bond acceptors (Lipinski definition) is 4. The van der Waals surface area contributed by atoms with E-state index in [1.807, 2.05) is 0 Å². The summed E-state index contributed by atoms with van der Waals surface area (Å²) in [5.41, 5.74) is 6.11. The van der Waals surface area contributed by atoms with Gasteiger partial charge in [0.25, 0.3) is 5.91 Å². The van der Waals surface area contributed by atoms with Crippen molar-refractivity contribution in [2.75, 3.05) is 19.6 Å². The average Bonchev–Trinajstić information content (AvgIpc) is 2.98. The molecule has 8 heteroatoms. The third kappa shape index (κ3) is 3.34. The van der Waals surface area contributed by atoms with Gasteiger partial charge < -0.3 is 20.2 Å². The minimum atomic E-state index is -0.675. The molecule has 136 valence electrons. The zero-order chi connectivity index (χ0) is 17.5. The highest BCUT2D eigenvalue weighted by Gasteiger charge is 2.35. The quantitative estimate of drug-likeness (QED) is 0.789. The number of likely N-dealkylation sites (tertiary alicyclic amines) is 1. The van der Waals surface area contributed by atoms with E-state index in [1.165, 1.54) is 4.57 Å². The van der Waals surface area contributed by atoms with Crippen LogP contribution in [-0.2, 0) is 6.54 Å². The molecule has 1 saturated heterocycles. The average molecular weight is 367 g/mol. The third-order valence-corrected chi connectivity index (χ3v) is 4.88. The van der Waals surface area contributed by atoms with Gasteiger partial charge in [-0.3, -0.25) is 14.4 Å². The lowest BCUT2D eigenvalue weighted by Gasteiger charge is -2.22. The number of aromatic amines is 1. The van der Waals surface area contributed by atoms with Crippen LogP contribution in [0.1, 0.15) is 30.6 Å². The molecule has 7 nitrogen and oxygen atoms in total. The van der Waals surface area contributed by atoms with Crippen molar-refractivity contribution in [2.45, 2.75) is 26.8 Å². The number of carbonyl (C=O) groups excluding carboxylic acids is 1. The molecule has 1 unspecified atom stereocenters. The summed E-state index contributed by atoms with van der Waals surface area (Å²) in [5, 5.41) is 0. The van der Waals surface area contributed by atoms with Gasteiger partial charge in [0, 0.05) is 25.2 Å². The summed E-state index contributed by atoms with van der Waals surface area (Å²) in [6, 6.07) is 5.05. The molecule has 3 N–H and O–H groups in total. The van der Waals surface area contributed by atoms with E-state index in [2.05, 4.69) is 11.9 Å². The van der Waals surface area contributed by atoms with Crippen LogP contribution < -0.4 is 16.9 Å². The molecule has 0 saturated carbocycles. The molecule has 1 fully saturated rings. The maximum absolute atomic E-state index is 12.7. The van der Waals surface area contributed by atoms with Crippen molar-refractivity contribution in [1.29, 1.82) is 0 Å². The van der Waals surface area contributed by atoms with E-state index < -0.39 is 11.1 Å². The van der Waals surface area contributed by atoms with Crippen LogP contribution in [0, 0.1) is 5.41 Å². The normalized spacial score (nSPS) is 19.9. The highest BCUT2D eigenvalue weighted by atomic mass is 35.5. The molecule has 1 aliphatic rings. The largest absolute Gasteiger partial charge is 0.338 e. The highest BCUT2D eigenvalue weighted by molar-refractivity contribution is 5.97. The molecule has 2 aromatic rings. The Morgan fingerprint density at radius 3 is 2.68 bits per heavy atom. The molecule has 0 aliphatic carbocycles. The first-order valence-corrected chi connectivity index (χ1v) is 8.15. The predicted molar refractivity (Wildman–Crippen MR) is 99.4 cm³/mol. The van der Waals surface area contributed by atoms with Crippen LogP contribution in [0.3, 0.4) is 0 Å². The van der Waals surface area contributed by atoms with Gasteiger partial charge in [-0.25, -0.2) is 0 Å². The SMILES string of the molecule is CCn1c(=O)c(=O)[nH]c2cc(C(=O)N3CCC(C)(CN)C3)ccc21.Cl. The Morgan fingerprint density at radius 1 is 1.36 bits per heavy atom. The van der Waals surface area contributed by atoms with Gasteiger partial charge in [0.1, 0.15) is 0 Å². The third-order valence-electron chi connectivity index (χ3n) is 4.88.